The van der Waals surface area contributed by atoms with Crippen molar-refractivity contribution in [1.29, 1.82) is 0 Å². The number of nitrogens with zero attached hydrogens (tertiary/aromatic N) is 2. The second-order valence-corrected chi connectivity index (χ2v) is 7.85. The Morgan fingerprint density at radius 1 is 1.40 bits per heavy atom. The predicted molar refractivity (Wildman–Crippen MR) is 101 cm³/mol. The number of hydrogen-bond acceptors (Lipinski definition) is 5. The lowest BCUT2D eigenvalue weighted by Crippen LogP contribution is -2.28. The summed E-state index contributed by atoms with van der Waals surface area (Å²) in [5.74, 6) is 0.947. The first kappa shape index (κ1) is 16.4. The molecule has 25 heavy (non-hydrogen) atoms. The molecule has 1 N–H and O–H groups in total. The molecule has 4 rings (SSSR count). The maximum Gasteiger partial charge on any atom is 0.258 e. The maximum absolute atomic E-state index is 12.2. The van der Waals surface area contributed by atoms with E-state index in [-0.39, 0.29) is 17.5 Å². The third-order valence-electron chi connectivity index (χ3n) is 4.31. The van der Waals surface area contributed by atoms with E-state index in [1.54, 1.807) is 6.20 Å². The van der Waals surface area contributed by atoms with E-state index in [1.807, 2.05) is 17.5 Å². The molecule has 5 nitrogen and oxygen atoms in total. The summed E-state index contributed by atoms with van der Waals surface area (Å²) in [6, 6.07) is 9.93. The highest BCUT2D eigenvalue weighted by atomic mass is 32.2. The molecule has 1 amide bonds. The van der Waals surface area contributed by atoms with E-state index in [4.69, 9.17) is 0 Å². The first-order chi connectivity index (χ1) is 12.2. The molecule has 0 radical (unpaired) electrons. The van der Waals surface area contributed by atoms with Crippen molar-refractivity contribution in [2.24, 2.45) is 0 Å². The van der Waals surface area contributed by atoms with E-state index >= 15 is 0 Å². The molecular formula is C18H17N3O2S2. The summed E-state index contributed by atoms with van der Waals surface area (Å²) in [5.41, 5.74) is 3.21. The Hall–Kier alpha value is -2.12. The van der Waals surface area contributed by atoms with E-state index in [0.29, 0.717) is 16.5 Å². The molecule has 1 aliphatic rings. The number of benzene rings is 1. The van der Waals surface area contributed by atoms with Gasteiger partial charge in [-0.05, 0) is 24.0 Å². The minimum atomic E-state index is -0.0751. The van der Waals surface area contributed by atoms with Gasteiger partial charge in [0.2, 0.25) is 5.91 Å². The third-order valence-corrected chi connectivity index (χ3v) is 6.03. The average molecular weight is 371 g/mol. The highest BCUT2D eigenvalue weighted by Gasteiger charge is 2.23. The van der Waals surface area contributed by atoms with Gasteiger partial charge in [-0.3, -0.25) is 14.0 Å². The molecule has 128 valence electrons. The summed E-state index contributed by atoms with van der Waals surface area (Å²) >= 11 is 2.91. The molecular weight excluding hydrogens is 354 g/mol. The molecule has 1 aromatic carbocycles. The SMILES string of the molecule is O=C(CSCc1cc(=O)n2ccsc2n1)NC1CCc2ccccc21. The normalized spacial score (nSPS) is 16.1. The van der Waals surface area contributed by atoms with Crippen LogP contribution in [0.1, 0.15) is 29.3 Å². The van der Waals surface area contributed by atoms with Crippen LogP contribution >= 0.6 is 23.1 Å². The zero-order valence-electron chi connectivity index (χ0n) is 13.5. The van der Waals surface area contributed by atoms with Gasteiger partial charge in [-0.15, -0.1) is 23.1 Å². The molecule has 0 saturated carbocycles. The summed E-state index contributed by atoms with van der Waals surface area (Å²) in [7, 11) is 0. The van der Waals surface area contributed by atoms with Crippen LogP contribution in [0.2, 0.25) is 0 Å². The molecule has 1 atom stereocenters. The Kier molecular flexibility index (Phi) is 4.59. The summed E-state index contributed by atoms with van der Waals surface area (Å²) in [5, 5.41) is 4.96. The van der Waals surface area contributed by atoms with Crippen LogP contribution in [-0.2, 0) is 17.0 Å². The largest absolute Gasteiger partial charge is 0.349 e. The predicted octanol–water partition coefficient (Wildman–Crippen LogP) is 2.79. The van der Waals surface area contributed by atoms with Gasteiger partial charge in [-0.25, -0.2) is 4.98 Å². The van der Waals surface area contributed by atoms with Crippen LogP contribution in [0.5, 0.6) is 0 Å². The zero-order valence-corrected chi connectivity index (χ0v) is 15.1. The Morgan fingerprint density at radius 2 is 2.28 bits per heavy atom. The summed E-state index contributed by atoms with van der Waals surface area (Å²) in [6.07, 6.45) is 3.70. The Balaban J connectivity index is 1.32. The number of nitrogens with one attached hydrogen (secondary N) is 1. The Bertz CT molecular complexity index is 980. The quantitative estimate of drug-likeness (QED) is 0.749. The van der Waals surface area contributed by atoms with Gasteiger partial charge in [0.15, 0.2) is 4.96 Å². The van der Waals surface area contributed by atoms with Crippen molar-refractivity contribution >= 4 is 34.0 Å². The minimum Gasteiger partial charge on any atom is -0.349 e. The fourth-order valence-electron chi connectivity index (χ4n) is 3.15. The van der Waals surface area contributed by atoms with Crippen LogP contribution in [0.4, 0.5) is 0 Å². The second kappa shape index (κ2) is 7.01. The first-order valence-corrected chi connectivity index (χ1v) is 10.1. The van der Waals surface area contributed by atoms with Crippen LogP contribution in [0.15, 0.2) is 46.7 Å². The van der Waals surface area contributed by atoms with Gasteiger partial charge in [0.25, 0.3) is 5.56 Å². The monoisotopic (exact) mass is 371 g/mol. The molecule has 0 spiro atoms. The van der Waals surface area contributed by atoms with Crippen molar-refractivity contribution < 1.29 is 4.79 Å². The number of rotatable bonds is 5. The first-order valence-electron chi connectivity index (χ1n) is 8.11. The van der Waals surface area contributed by atoms with Crippen LogP contribution in [0, 0.1) is 0 Å². The molecule has 3 aromatic rings. The number of amides is 1. The van der Waals surface area contributed by atoms with Crippen molar-refractivity contribution in [2.75, 3.05) is 5.75 Å². The second-order valence-electron chi connectivity index (χ2n) is 5.99. The fourth-order valence-corrected chi connectivity index (χ4v) is 4.62. The number of carbonyl (C=O) groups excluding carboxylic acids is 1. The number of carbonyl (C=O) groups is 1. The van der Waals surface area contributed by atoms with Crippen molar-refractivity contribution in [2.45, 2.75) is 24.6 Å². The van der Waals surface area contributed by atoms with E-state index in [1.165, 1.54) is 44.7 Å². The summed E-state index contributed by atoms with van der Waals surface area (Å²) in [6.45, 7) is 0. The standard InChI is InChI=1S/C18H17N3O2S2/c22-16(20-15-6-5-12-3-1-2-4-14(12)15)11-24-10-13-9-17(23)21-7-8-25-18(21)19-13/h1-4,7-9,15H,5-6,10-11H2,(H,20,22). The molecule has 1 unspecified atom stereocenters. The topological polar surface area (TPSA) is 63.5 Å². The third kappa shape index (κ3) is 3.48. The van der Waals surface area contributed by atoms with Gasteiger partial charge >= 0.3 is 0 Å². The number of hydrogen-bond donors (Lipinski definition) is 1. The molecule has 0 fully saturated rings. The highest BCUT2D eigenvalue weighted by Crippen LogP contribution is 2.30. The fraction of sp³-hybridized carbons (Fsp3) is 0.278. The van der Waals surface area contributed by atoms with Crippen LogP contribution in [-0.4, -0.2) is 21.0 Å². The molecule has 2 heterocycles. The van der Waals surface area contributed by atoms with Crippen molar-refractivity contribution in [3.63, 3.8) is 0 Å². The van der Waals surface area contributed by atoms with Gasteiger partial charge in [0.1, 0.15) is 0 Å². The lowest BCUT2D eigenvalue weighted by Gasteiger charge is -2.13. The zero-order chi connectivity index (χ0) is 17.2. The molecule has 0 saturated heterocycles. The molecule has 1 aliphatic carbocycles. The Labute approximate surface area is 153 Å². The number of aromatic nitrogens is 2. The van der Waals surface area contributed by atoms with Crippen molar-refractivity contribution in [3.05, 3.63) is 69.1 Å². The van der Waals surface area contributed by atoms with Crippen LogP contribution in [0.25, 0.3) is 4.96 Å². The van der Waals surface area contributed by atoms with Crippen LogP contribution < -0.4 is 10.9 Å². The van der Waals surface area contributed by atoms with Crippen molar-refractivity contribution in [1.82, 2.24) is 14.7 Å². The van der Waals surface area contributed by atoms with Crippen molar-refractivity contribution in [3.8, 4) is 0 Å². The van der Waals surface area contributed by atoms with E-state index < -0.39 is 0 Å². The van der Waals surface area contributed by atoms with Gasteiger partial charge < -0.3 is 5.32 Å². The number of fused-ring (bicyclic) bond motifs is 2. The maximum atomic E-state index is 12.2. The van der Waals surface area contributed by atoms with E-state index in [2.05, 4.69) is 22.4 Å². The lowest BCUT2D eigenvalue weighted by atomic mass is 10.1. The van der Waals surface area contributed by atoms with E-state index in [9.17, 15) is 9.59 Å². The van der Waals surface area contributed by atoms with Gasteiger partial charge in [-0.2, -0.15) is 0 Å². The van der Waals surface area contributed by atoms with Gasteiger partial charge in [0, 0.05) is 23.4 Å². The van der Waals surface area contributed by atoms with Gasteiger partial charge in [-0.1, -0.05) is 24.3 Å². The highest BCUT2D eigenvalue weighted by molar-refractivity contribution is 7.99. The smallest absolute Gasteiger partial charge is 0.258 e. The summed E-state index contributed by atoms with van der Waals surface area (Å²) < 4.78 is 1.53. The molecule has 7 heteroatoms. The Morgan fingerprint density at radius 3 is 3.20 bits per heavy atom. The number of aryl methyl sites for hydroxylation is 1. The summed E-state index contributed by atoms with van der Waals surface area (Å²) in [4.78, 5) is 29.3. The average Bonchev–Trinajstić information content (AvgIpc) is 3.23. The minimum absolute atomic E-state index is 0.0284. The van der Waals surface area contributed by atoms with E-state index in [0.717, 1.165) is 18.5 Å². The molecule has 2 aromatic heterocycles. The number of thioether (sulfide) groups is 1. The van der Waals surface area contributed by atoms with Crippen LogP contribution in [0.3, 0.4) is 0 Å². The van der Waals surface area contributed by atoms with Gasteiger partial charge in [0.05, 0.1) is 17.5 Å². The lowest BCUT2D eigenvalue weighted by molar-refractivity contribution is -0.119. The number of thiazole rings is 1. The molecule has 0 aliphatic heterocycles. The molecule has 0 bridgehead atoms.